The van der Waals surface area contributed by atoms with E-state index in [1.807, 2.05) is 91.0 Å². The molecule has 0 saturated carbocycles. The molecule has 0 aliphatic carbocycles. The van der Waals surface area contributed by atoms with Crippen LogP contribution in [0.1, 0.15) is 17.4 Å². The zero-order chi connectivity index (χ0) is 17.8. The van der Waals surface area contributed by atoms with E-state index in [0.717, 1.165) is 16.8 Å². The summed E-state index contributed by atoms with van der Waals surface area (Å²) in [5, 5.41) is 0. The topological polar surface area (TPSA) is 29.5 Å². The molecule has 1 aliphatic heterocycles. The minimum atomic E-state index is -0.791. The summed E-state index contributed by atoms with van der Waals surface area (Å²) in [4.78, 5) is 14.7. The van der Waals surface area contributed by atoms with Crippen LogP contribution in [-0.4, -0.2) is 12.0 Å². The lowest BCUT2D eigenvalue weighted by Crippen LogP contribution is -2.30. The number of benzene rings is 3. The summed E-state index contributed by atoms with van der Waals surface area (Å²) in [6.45, 7) is 0. The van der Waals surface area contributed by atoms with Crippen LogP contribution in [-0.2, 0) is 9.53 Å². The van der Waals surface area contributed by atoms with E-state index in [1.165, 1.54) is 0 Å². The Labute approximate surface area is 152 Å². The van der Waals surface area contributed by atoms with Gasteiger partial charge in [0.15, 0.2) is 12.3 Å². The first-order chi connectivity index (χ1) is 12.8. The third-order valence-corrected chi connectivity index (χ3v) is 4.20. The molecule has 0 spiro atoms. The van der Waals surface area contributed by atoms with Gasteiger partial charge in [-0.25, -0.2) is 0 Å². The van der Waals surface area contributed by atoms with Crippen LogP contribution in [0.3, 0.4) is 0 Å². The Morgan fingerprint density at radius 1 is 0.769 bits per heavy atom. The quantitative estimate of drug-likeness (QED) is 0.656. The number of ether oxygens (including phenoxy) is 1. The predicted octanol–water partition coefficient (Wildman–Crippen LogP) is 4.17. The Balaban J connectivity index is 1.69. The minimum Gasteiger partial charge on any atom is -0.328 e. The van der Waals surface area contributed by atoms with E-state index in [1.54, 1.807) is 4.90 Å². The fourth-order valence-corrected chi connectivity index (χ4v) is 2.95. The molecule has 2 atom stereocenters. The monoisotopic (exact) mass is 339 g/mol. The molecule has 4 rings (SSSR count). The third-order valence-electron chi connectivity index (χ3n) is 4.20. The molecule has 1 amide bonds. The molecule has 0 bridgehead atoms. The minimum absolute atomic E-state index is 0.145. The van der Waals surface area contributed by atoms with Crippen LogP contribution in [0.2, 0.25) is 0 Å². The fourth-order valence-electron chi connectivity index (χ4n) is 2.95. The molecular formula is C23H17NO2. The average Bonchev–Trinajstić information content (AvgIpc) is 3.05. The molecule has 1 saturated heterocycles. The normalized spacial score (nSPS) is 19.1. The first-order valence-electron chi connectivity index (χ1n) is 8.48. The number of para-hydroxylation sites is 1. The lowest BCUT2D eigenvalue weighted by atomic mass is 10.1. The zero-order valence-electron chi connectivity index (χ0n) is 14.1. The number of hydrogen-bond donors (Lipinski definition) is 0. The summed E-state index contributed by atoms with van der Waals surface area (Å²) >= 11 is 0. The van der Waals surface area contributed by atoms with Gasteiger partial charge in [-0.1, -0.05) is 78.6 Å². The highest BCUT2D eigenvalue weighted by Crippen LogP contribution is 2.35. The molecule has 26 heavy (non-hydrogen) atoms. The number of amides is 1. The number of carbonyl (C=O) groups is 1. The third kappa shape index (κ3) is 3.23. The largest absolute Gasteiger partial charge is 0.328 e. The van der Waals surface area contributed by atoms with Gasteiger partial charge in [-0.05, 0) is 24.3 Å². The van der Waals surface area contributed by atoms with Crippen LogP contribution in [0, 0.1) is 11.8 Å². The molecule has 3 heteroatoms. The number of carbonyl (C=O) groups excluding carboxylic acids is 1. The Kier molecular flexibility index (Phi) is 4.51. The second-order valence-corrected chi connectivity index (χ2v) is 5.96. The van der Waals surface area contributed by atoms with E-state index in [9.17, 15) is 4.79 Å². The maximum absolute atomic E-state index is 13.0. The molecule has 1 aliphatic rings. The van der Waals surface area contributed by atoms with Crippen molar-refractivity contribution >= 4 is 11.6 Å². The van der Waals surface area contributed by atoms with Gasteiger partial charge in [0.05, 0.1) is 0 Å². The highest BCUT2D eigenvalue weighted by atomic mass is 16.5. The van der Waals surface area contributed by atoms with Crippen LogP contribution in [0.15, 0.2) is 91.0 Å². The van der Waals surface area contributed by atoms with E-state index in [-0.39, 0.29) is 5.91 Å². The fraction of sp³-hybridized carbons (Fsp3) is 0.0870. The van der Waals surface area contributed by atoms with Gasteiger partial charge in [0, 0.05) is 16.8 Å². The van der Waals surface area contributed by atoms with Gasteiger partial charge in [-0.2, -0.15) is 0 Å². The van der Waals surface area contributed by atoms with Crippen molar-refractivity contribution in [3.05, 3.63) is 102 Å². The molecule has 3 aromatic rings. The van der Waals surface area contributed by atoms with Crippen molar-refractivity contribution < 1.29 is 9.53 Å². The number of nitrogens with zero attached hydrogens (tertiary/aromatic N) is 1. The summed E-state index contributed by atoms with van der Waals surface area (Å²) in [5.41, 5.74) is 2.59. The van der Waals surface area contributed by atoms with Crippen molar-refractivity contribution in [2.45, 2.75) is 12.3 Å². The molecule has 1 fully saturated rings. The number of rotatable bonds is 2. The second-order valence-electron chi connectivity index (χ2n) is 5.96. The van der Waals surface area contributed by atoms with Gasteiger partial charge in [0.2, 0.25) is 0 Å². The van der Waals surface area contributed by atoms with Crippen molar-refractivity contribution in [2.75, 3.05) is 4.90 Å². The van der Waals surface area contributed by atoms with Gasteiger partial charge >= 0.3 is 0 Å². The molecule has 3 aromatic carbocycles. The van der Waals surface area contributed by atoms with Gasteiger partial charge in [-0.3, -0.25) is 9.69 Å². The maximum Gasteiger partial charge on any atom is 0.271 e. The summed E-state index contributed by atoms with van der Waals surface area (Å²) in [6, 6.07) is 28.9. The Bertz CT molecular complexity index is 943. The van der Waals surface area contributed by atoms with Crippen LogP contribution in [0.25, 0.3) is 0 Å². The Morgan fingerprint density at radius 3 is 2.00 bits per heavy atom. The first kappa shape index (κ1) is 16.1. The first-order valence-corrected chi connectivity index (χ1v) is 8.48. The molecule has 0 aromatic heterocycles. The second kappa shape index (κ2) is 7.26. The molecule has 3 nitrogen and oxygen atoms in total. The molecule has 0 N–H and O–H groups in total. The van der Waals surface area contributed by atoms with Crippen molar-refractivity contribution in [1.82, 2.24) is 0 Å². The van der Waals surface area contributed by atoms with E-state index < -0.39 is 12.3 Å². The van der Waals surface area contributed by atoms with Crippen LogP contribution in [0.5, 0.6) is 0 Å². The standard InChI is InChI=1S/C23H17NO2/c25-22-21(17-16-18-10-4-1-5-11-18)26-23(19-12-6-2-7-13-19)24(22)20-14-8-3-9-15-20/h1-15,21,23H/t21-,23-/m1/s1. The average molecular weight is 339 g/mol. The van der Waals surface area contributed by atoms with Crippen LogP contribution < -0.4 is 4.90 Å². The lowest BCUT2D eigenvalue weighted by molar-refractivity contribution is -0.120. The zero-order valence-corrected chi connectivity index (χ0v) is 14.1. The summed E-state index contributed by atoms with van der Waals surface area (Å²) in [6.07, 6.45) is -1.28. The van der Waals surface area contributed by atoms with Gasteiger partial charge in [0.25, 0.3) is 5.91 Å². The van der Waals surface area contributed by atoms with Crippen molar-refractivity contribution in [2.24, 2.45) is 0 Å². The van der Waals surface area contributed by atoms with Gasteiger partial charge in [-0.15, -0.1) is 0 Å². The Hall–Kier alpha value is -3.35. The summed E-state index contributed by atoms with van der Waals surface area (Å²) < 4.78 is 6.05. The summed E-state index contributed by atoms with van der Waals surface area (Å²) in [7, 11) is 0. The maximum atomic E-state index is 13.0. The Morgan fingerprint density at radius 2 is 1.35 bits per heavy atom. The van der Waals surface area contributed by atoms with Crippen molar-refractivity contribution in [1.29, 1.82) is 0 Å². The number of anilines is 1. The van der Waals surface area contributed by atoms with Crippen molar-refractivity contribution in [3.8, 4) is 11.8 Å². The number of hydrogen-bond acceptors (Lipinski definition) is 2. The molecule has 0 unspecified atom stereocenters. The lowest BCUT2D eigenvalue weighted by Gasteiger charge is -2.23. The van der Waals surface area contributed by atoms with E-state index in [2.05, 4.69) is 11.8 Å². The van der Waals surface area contributed by atoms with E-state index in [4.69, 9.17) is 4.74 Å². The molecule has 126 valence electrons. The molecule has 0 radical (unpaired) electrons. The smallest absolute Gasteiger partial charge is 0.271 e. The highest BCUT2D eigenvalue weighted by molar-refractivity contribution is 6.00. The van der Waals surface area contributed by atoms with Gasteiger partial charge < -0.3 is 4.74 Å². The highest BCUT2D eigenvalue weighted by Gasteiger charge is 2.41. The van der Waals surface area contributed by atoms with Crippen LogP contribution >= 0.6 is 0 Å². The molecular weight excluding hydrogens is 322 g/mol. The summed E-state index contributed by atoms with van der Waals surface area (Å²) in [5.74, 6) is 5.88. The molecule has 1 heterocycles. The predicted molar refractivity (Wildman–Crippen MR) is 101 cm³/mol. The SMILES string of the molecule is O=C1[C@@H](C#Cc2ccccc2)O[C@H](c2ccccc2)N1c1ccccc1. The van der Waals surface area contributed by atoms with Gasteiger partial charge in [0.1, 0.15) is 0 Å². The van der Waals surface area contributed by atoms with Crippen LogP contribution in [0.4, 0.5) is 5.69 Å². The van der Waals surface area contributed by atoms with Crippen molar-refractivity contribution in [3.63, 3.8) is 0 Å². The van der Waals surface area contributed by atoms with E-state index >= 15 is 0 Å². The van der Waals surface area contributed by atoms with E-state index in [0.29, 0.717) is 0 Å².